The highest BCUT2D eigenvalue weighted by Gasteiger charge is 2.28. The molecule has 132 valence electrons. The molecule has 0 aromatic heterocycles. The Balaban J connectivity index is 1.90. The first-order valence-electron chi connectivity index (χ1n) is 8.59. The number of likely N-dealkylation sites (tertiary alicyclic amines) is 1. The topological polar surface area (TPSA) is 49.4 Å². The third kappa shape index (κ3) is 5.52. The van der Waals surface area contributed by atoms with Gasteiger partial charge in [0, 0.05) is 30.2 Å². The predicted molar refractivity (Wildman–Crippen MR) is 97.2 cm³/mol. The van der Waals surface area contributed by atoms with Gasteiger partial charge < -0.3 is 10.2 Å². The number of nitrogens with one attached hydrogen (secondary N) is 1. The minimum absolute atomic E-state index is 0.0288. The van der Waals surface area contributed by atoms with Crippen LogP contribution in [0.25, 0.3) is 0 Å². The summed E-state index contributed by atoms with van der Waals surface area (Å²) in [7, 11) is 0. The molecular weight excluding hydrogens is 324 g/mol. The number of carbonyl (C=O) groups is 2. The van der Waals surface area contributed by atoms with Crippen LogP contribution in [0.2, 0.25) is 5.02 Å². The number of halogens is 1. The van der Waals surface area contributed by atoms with Crippen LogP contribution in [-0.4, -0.2) is 36.3 Å². The van der Waals surface area contributed by atoms with Crippen molar-refractivity contribution in [3.8, 4) is 0 Å². The maximum atomic E-state index is 12.6. The van der Waals surface area contributed by atoms with Gasteiger partial charge in [-0.3, -0.25) is 9.59 Å². The fourth-order valence-corrected chi connectivity index (χ4v) is 2.98. The molecule has 1 fully saturated rings. The number of amides is 2. The first-order chi connectivity index (χ1) is 11.3. The molecule has 0 saturated carbocycles. The lowest BCUT2D eigenvalue weighted by Crippen LogP contribution is -2.45. The number of rotatable bonds is 4. The molecule has 4 nitrogen and oxygen atoms in total. The molecule has 0 spiro atoms. The van der Waals surface area contributed by atoms with Gasteiger partial charge in [0.2, 0.25) is 5.91 Å². The molecule has 1 aromatic carbocycles. The molecule has 1 aliphatic heterocycles. The zero-order valence-electron chi connectivity index (χ0n) is 14.8. The second-order valence-corrected chi connectivity index (χ2v) is 8.14. The van der Waals surface area contributed by atoms with E-state index >= 15 is 0 Å². The van der Waals surface area contributed by atoms with Crippen molar-refractivity contribution in [3.05, 3.63) is 34.9 Å². The monoisotopic (exact) mass is 350 g/mol. The van der Waals surface area contributed by atoms with Crippen molar-refractivity contribution in [2.45, 2.75) is 40.0 Å². The predicted octanol–water partition coefficient (Wildman–Crippen LogP) is 3.74. The first kappa shape index (κ1) is 18.8. The molecule has 1 aliphatic rings. The second kappa shape index (κ2) is 8.02. The van der Waals surface area contributed by atoms with Crippen LogP contribution in [0.1, 0.15) is 50.4 Å². The fourth-order valence-electron chi connectivity index (χ4n) is 2.86. The lowest BCUT2D eigenvalue weighted by molar-refractivity contribution is -0.126. The minimum Gasteiger partial charge on any atom is -0.356 e. The minimum atomic E-state index is -0.116. The van der Waals surface area contributed by atoms with Crippen molar-refractivity contribution < 1.29 is 9.59 Å². The van der Waals surface area contributed by atoms with Gasteiger partial charge in [0.05, 0.1) is 5.92 Å². The molecule has 1 N–H and O–H groups in total. The molecule has 0 radical (unpaired) electrons. The third-order valence-corrected chi connectivity index (χ3v) is 4.60. The standard InChI is InChI=1S/C19H27ClN2O2/c1-19(2,3)10-11-21-17(23)15-5-4-12-22(13-15)18(24)14-6-8-16(20)9-7-14/h6-9,15H,4-5,10-13H2,1-3H3,(H,21,23). The Morgan fingerprint density at radius 3 is 2.54 bits per heavy atom. The molecule has 5 heteroatoms. The van der Waals surface area contributed by atoms with Crippen LogP contribution in [0.3, 0.4) is 0 Å². The average molecular weight is 351 g/mol. The molecule has 1 saturated heterocycles. The molecule has 0 aliphatic carbocycles. The van der Waals surface area contributed by atoms with E-state index in [1.54, 1.807) is 29.2 Å². The van der Waals surface area contributed by atoms with E-state index in [-0.39, 0.29) is 23.1 Å². The van der Waals surface area contributed by atoms with Crippen molar-refractivity contribution in [3.63, 3.8) is 0 Å². The van der Waals surface area contributed by atoms with E-state index in [1.165, 1.54) is 0 Å². The molecule has 1 aromatic rings. The SMILES string of the molecule is CC(C)(C)CCNC(=O)C1CCCN(C(=O)c2ccc(Cl)cc2)C1. The molecule has 24 heavy (non-hydrogen) atoms. The van der Waals surface area contributed by atoms with Crippen LogP contribution in [0.5, 0.6) is 0 Å². The molecule has 1 atom stereocenters. The number of hydrogen-bond donors (Lipinski definition) is 1. The molecule has 0 bridgehead atoms. The zero-order chi connectivity index (χ0) is 17.7. The summed E-state index contributed by atoms with van der Waals surface area (Å²) in [6.07, 6.45) is 2.64. The summed E-state index contributed by atoms with van der Waals surface area (Å²) < 4.78 is 0. The number of piperidine rings is 1. The van der Waals surface area contributed by atoms with Gasteiger partial charge >= 0.3 is 0 Å². The largest absolute Gasteiger partial charge is 0.356 e. The van der Waals surface area contributed by atoms with E-state index in [1.807, 2.05) is 0 Å². The van der Waals surface area contributed by atoms with Crippen LogP contribution >= 0.6 is 11.6 Å². The summed E-state index contributed by atoms with van der Waals surface area (Å²) in [6, 6.07) is 6.90. The van der Waals surface area contributed by atoms with Crippen LogP contribution in [0, 0.1) is 11.3 Å². The number of benzene rings is 1. The number of carbonyl (C=O) groups excluding carboxylic acids is 2. The van der Waals surface area contributed by atoms with E-state index in [0.29, 0.717) is 30.2 Å². The lowest BCUT2D eigenvalue weighted by Gasteiger charge is -2.32. The lowest BCUT2D eigenvalue weighted by atomic mass is 9.92. The van der Waals surface area contributed by atoms with E-state index in [4.69, 9.17) is 11.6 Å². The van der Waals surface area contributed by atoms with Crippen molar-refractivity contribution in [1.29, 1.82) is 0 Å². The van der Waals surface area contributed by atoms with Crippen LogP contribution < -0.4 is 5.32 Å². The van der Waals surface area contributed by atoms with E-state index in [9.17, 15) is 9.59 Å². The van der Waals surface area contributed by atoms with Crippen LogP contribution in [0.15, 0.2) is 24.3 Å². The quantitative estimate of drug-likeness (QED) is 0.899. The Hall–Kier alpha value is -1.55. The number of nitrogens with zero attached hydrogens (tertiary/aromatic N) is 1. The fraction of sp³-hybridized carbons (Fsp3) is 0.579. The molecule has 2 amide bonds. The van der Waals surface area contributed by atoms with Crippen molar-refractivity contribution in [2.24, 2.45) is 11.3 Å². The van der Waals surface area contributed by atoms with Gasteiger partial charge in [0.25, 0.3) is 5.91 Å². The molecule has 1 heterocycles. The molecule has 2 rings (SSSR count). The van der Waals surface area contributed by atoms with Crippen molar-refractivity contribution in [1.82, 2.24) is 10.2 Å². The van der Waals surface area contributed by atoms with Gasteiger partial charge in [-0.05, 0) is 48.9 Å². The van der Waals surface area contributed by atoms with Crippen molar-refractivity contribution >= 4 is 23.4 Å². The highest BCUT2D eigenvalue weighted by atomic mass is 35.5. The summed E-state index contributed by atoms with van der Waals surface area (Å²) in [5.41, 5.74) is 0.823. The summed E-state index contributed by atoms with van der Waals surface area (Å²) >= 11 is 5.87. The summed E-state index contributed by atoms with van der Waals surface area (Å²) in [6.45, 7) is 8.35. The van der Waals surface area contributed by atoms with Gasteiger partial charge in [0.15, 0.2) is 0 Å². The Morgan fingerprint density at radius 2 is 1.92 bits per heavy atom. The van der Waals surface area contributed by atoms with Gasteiger partial charge in [-0.2, -0.15) is 0 Å². The average Bonchev–Trinajstić information content (AvgIpc) is 2.54. The van der Waals surface area contributed by atoms with E-state index in [2.05, 4.69) is 26.1 Å². The maximum absolute atomic E-state index is 12.6. The molecule has 1 unspecified atom stereocenters. The summed E-state index contributed by atoms with van der Waals surface area (Å²) in [5, 5.41) is 3.63. The highest BCUT2D eigenvalue weighted by molar-refractivity contribution is 6.30. The van der Waals surface area contributed by atoms with Crippen molar-refractivity contribution in [2.75, 3.05) is 19.6 Å². The second-order valence-electron chi connectivity index (χ2n) is 7.70. The summed E-state index contributed by atoms with van der Waals surface area (Å²) in [4.78, 5) is 26.7. The first-order valence-corrected chi connectivity index (χ1v) is 8.96. The highest BCUT2D eigenvalue weighted by Crippen LogP contribution is 2.21. The summed E-state index contributed by atoms with van der Waals surface area (Å²) in [5.74, 6) is -0.0818. The Labute approximate surface area is 149 Å². The van der Waals surface area contributed by atoms with Gasteiger partial charge in [-0.25, -0.2) is 0 Å². The zero-order valence-corrected chi connectivity index (χ0v) is 15.5. The molecular formula is C19H27ClN2O2. The van der Waals surface area contributed by atoms with Gasteiger partial charge in [0.1, 0.15) is 0 Å². The number of hydrogen-bond acceptors (Lipinski definition) is 2. The Kier molecular flexibility index (Phi) is 6.27. The smallest absolute Gasteiger partial charge is 0.253 e. The van der Waals surface area contributed by atoms with Crippen LogP contribution in [-0.2, 0) is 4.79 Å². The van der Waals surface area contributed by atoms with E-state index in [0.717, 1.165) is 19.3 Å². The maximum Gasteiger partial charge on any atom is 0.253 e. The van der Waals surface area contributed by atoms with Gasteiger partial charge in [-0.15, -0.1) is 0 Å². The van der Waals surface area contributed by atoms with Crippen LogP contribution in [0.4, 0.5) is 0 Å². The van der Waals surface area contributed by atoms with E-state index < -0.39 is 0 Å². The Morgan fingerprint density at radius 1 is 1.25 bits per heavy atom. The Bertz CT molecular complexity index is 578. The van der Waals surface area contributed by atoms with Gasteiger partial charge in [-0.1, -0.05) is 32.4 Å². The normalized spacial score (nSPS) is 18.3. The third-order valence-electron chi connectivity index (χ3n) is 4.34.